The second kappa shape index (κ2) is 2.96. The fraction of sp³-hybridized carbons (Fsp3) is 0.667. The van der Waals surface area contributed by atoms with E-state index in [1.165, 1.54) is 11.3 Å². The van der Waals surface area contributed by atoms with E-state index < -0.39 is 0 Å². The highest BCUT2D eigenvalue weighted by atomic mass is 32.1. The fourth-order valence-corrected chi connectivity index (χ4v) is 2.65. The maximum absolute atomic E-state index is 9.62. The number of ether oxygens (including phenoxy) is 1. The predicted octanol–water partition coefficient (Wildman–Crippen LogP) is 1.56. The molecule has 1 unspecified atom stereocenters. The molecule has 1 aromatic rings. The van der Waals surface area contributed by atoms with Gasteiger partial charge < -0.3 is 9.84 Å². The molecule has 0 spiro atoms. The molecule has 0 amide bonds. The molecule has 13 heavy (non-hydrogen) atoms. The van der Waals surface area contributed by atoms with Crippen LogP contribution in [0.2, 0.25) is 0 Å². The zero-order valence-corrected chi connectivity index (χ0v) is 8.60. The summed E-state index contributed by atoms with van der Waals surface area (Å²) in [6, 6.07) is 0. The van der Waals surface area contributed by atoms with E-state index in [1.54, 1.807) is 7.11 Å². The zero-order chi connectivity index (χ0) is 9.47. The molecule has 0 bridgehead atoms. The molecule has 1 heterocycles. The lowest BCUT2D eigenvalue weighted by molar-refractivity contribution is 0.152. The summed E-state index contributed by atoms with van der Waals surface area (Å²) >= 11 is 1.54. The van der Waals surface area contributed by atoms with Gasteiger partial charge in [0.25, 0.3) is 5.19 Å². The third-order valence-corrected chi connectivity index (χ3v) is 3.92. The van der Waals surface area contributed by atoms with Gasteiger partial charge in [0.05, 0.1) is 13.2 Å². The van der Waals surface area contributed by atoms with Crippen LogP contribution in [0.1, 0.15) is 24.6 Å². The largest absolute Gasteiger partial charge is 0.473 e. The second-order valence-corrected chi connectivity index (χ2v) is 4.52. The minimum atomic E-state index is -0.280. The van der Waals surface area contributed by atoms with E-state index in [0.29, 0.717) is 5.19 Å². The molecule has 1 fully saturated rings. The van der Waals surface area contributed by atoms with Crippen molar-refractivity contribution in [2.45, 2.75) is 31.3 Å². The molecule has 1 aromatic heterocycles. The molecule has 0 saturated heterocycles. The van der Waals surface area contributed by atoms with Crippen molar-refractivity contribution in [3.05, 3.63) is 11.1 Å². The molecule has 1 atom stereocenters. The van der Waals surface area contributed by atoms with Crippen molar-refractivity contribution in [3.8, 4) is 5.19 Å². The van der Waals surface area contributed by atoms with Gasteiger partial charge in [-0.25, -0.2) is 4.98 Å². The first-order valence-corrected chi connectivity index (χ1v) is 5.19. The minimum absolute atomic E-state index is 0.00551. The molecule has 1 saturated carbocycles. The van der Waals surface area contributed by atoms with Crippen molar-refractivity contribution in [3.63, 3.8) is 0 Å². The van der Waals surface area contributed by atoms with E-state index in [2.05, 4.69) is 4.98 Å². The summed E-state index contributed by atoms with van der Waals surface area (Å²) in [6.07, 6.45) is 3.67. The van der Waals surface area contributed by atoms with Crippen molar-refractivity contribution in [2.24, 2.45) is 0 Å². The van der Waals surface area contributed by atoms with Gasteiger partial charge in [0.1, 0.15) is 0 Å². The van der Waals surface area contributed by atoms with Crippen molar-refractivity contribution in [1.29, 1.82) is 0 Å². The van der Waals surface area contributed by atoms with Gasteiger partial charge in [-0.15, -0.1) is 0 Å². The highest BCUT2D eigenvalue weighted by Crippen LogP contribution is 2.53. The Hall–Kier alpha value is -0.610. The van der Waals surface area contributed by atoms with E-state index in [4.69, 9.17) is 4.74 Å². The van der Waals surface area contributed by atoms with Gasteiger partial charge in [-0.2, -0.15) is 0 Å². The van der Waals surface area contributed by atoms with Crippen LogP contribution in [-0.4, -0.2) is 23.3 Å². The molecule has 72 valence electrons. The van der Waals surface area contributed by atoms with Gasteiger partial charge in [-0.05, 0) is 19.8 Å². The van der Waals surface area contributed by atoms with Gasteiger partial charge >= 0.3 is 0 Å². The lowest BCUT2D eigenvalue weighted by atomic mass is 10.00. The summed E-state index contributed by atoms with van der Waals surface area (Å²) in [5.41, 5.74) is -0.00551. The molecule has 4 heteroatoms. The standard InChI is InChI=1S/C9H13NO2S/c1-6(11)9(3-4-9)7-5-10-8(12-2)13-7/h5-6,11H,3-4H2,1-2H3. The van der Waals surface area contributed by atoms with Crippen molar-refractivity contribution in [1.82, 2.24) is 4.98 Å². The van der Waals surface area contributed by atoms with Crippen LogP contribution in [0.5, 0.6) is 5.19 Å². The average Bonchev–Trinajstić information content (AvgIpc) is 2.79. The second-order valence-electron chi connectivity index (χ2n) is 3.53. The number of hydrogen-bond donors (Lipinski definition) is 1. The van der Waals surface area contributed by atoms with Crippen LogP contribution in [0.3, 0.4) is 0 Å². The molecule has 1 aliphatic carbocycles. The number of nitrogens with zero attached hydrogens (tertiary/aromatic N) is 1. The maximum Gasteiger partial charge on any atom is 0.273 e. The van der Waals surface area contributed by atoms with Gasteiger partial charge in [0.15, 0.2) is 0 Å². The smallest absolute Gasteiger partial charge is 0.273 e. The number of aliphatic hydroxyl groups is 1. The van der Waals surface area contributed by atoms with Crippen molar-refractivity contribution >= 4 is 11.3 Å². The highest BCUT2D eigenvalue weighted by molar-refractivity contribution is 7.13. The summed E-state index contributed by atoms with van der Waals surface area (Å²) in [5, 5.41) is 10.3. The van der Waals surface area contributed by atoms with Crippen LogP contribution in [-0.2, 0) is 5.41 Å². The molecule has 2 rings (SSSR count). The first kappa shape index (κ1) is 8.97. The summed E-state index contributed by atoms with van der Waals surface area (Å²) in [5.74, 6) is 0. The Balaban J connectivity index is 2.25. The van der Waals surface area contributed by atoms with Crippen LogP contribution in [0.4, 0.5) is 0 Å². The van der Waals surface area contributed by atoms with Gasteiger partial charge in [-0.3, -0.25) is 0 Å². The number of aromatic nitrogens is 1. The van der Waals surface area contributed by atoms with Gasteiger partial charge in [-0.1, -0.05) is 11.3 Å². The number of rotatable bonds is 3. The van der Waals surface area contributed by atoms with E-state index >= 15 is 0 Å². The Morgan fingerprint density at radius 2 is 2.38 bits per heavy atom. The van der Waals surface area contributed by atoms with E-state index in [0.717, 1.165) is 17.7 Å². The van der Waals surface area contributed by atoms with Crippen LogP contribution in [0, 0.1) is 0 Å². The summed E-state index contributed by atoms with van der Waals surface area (Å²) in [6.45, 7) is 1.85. The number of thiazole rings is 1. The molecule has 1 aliphatic rings. The summed E-state index contributed by atoms with van der Waals surface area (Å²) in [7, 11) is 1.62. The number of aliphatic hydroxyl groups excluding tert-OH is 1. The van der Waals surface area contributed by atoms with Crippen LogP contribution in [0.25, 0.3) is 0 Å². The molecule has 0 aliphatic heterocycles. The Bertz CT molecular complexity index is 304. The number of methoxy groups -OCH3 is 1. The fourth-order valence-electron chi connectivity index (χ4n) is 1.59. The first-order valence-electron chi connectivity index (χ1n) is 4.37. The van der Waals surface area contributed by atoms with Crippen molar-refractivity contribution < 1.29 is 9.84 Å². The summed E-state index contributed by atoms with van der Waals surface area (Å²) < 4.78 is 5.02. The third kappa shape index (κ3) is 1.34. The molecule has 0 aromatic carbocycles. The zero-order valence-electron chi connectivity index (χ0n) is 7.78. The Morgan fingerprint density at radius 1 is 1.69 bits per heavy atom. The Labute approximate surface area is 81.4 Å². The van der Waals surface area contributed by atoms with Gasteiger partial charge in [0.2, 0.25) is 0 Å². The lowest BCUT2D eigenvalue weighted by Crippen LogP contribution is -2.21. The number of hydrogen-bond acceptors (Lipinski definition) is 4. The normalized spacial score (nSPS) is 21.2. The van der Waals surface area contributed by atoms with Crippen LogP contribution < -0.4 is 4.74 Å². The van der Waals surface area contributed by atoms with Gasteiger partial charge in [0, 0.05) is 16.5 Å². The van der Waals surface area contributed by atoms with E-state index in [1.807, 2.05) is 13.1 Å². The third-order valence-electron chi connectivity index (χ3n) is 2.74. The monoisotopic (exact) mass is 199 g/mol. The van der Waals surface area contributed by atoms with Crippen LogP contribution >= 0.6 is 11.3 Å². The minimum Gasteiger partial charge on any atom is -0.473 e. The molecular weight excluding hydrogens is 186 g/mol. The molecule has 1 N–H and O–H groups in total. The SMILES string of the molecule is COc1ncc(C2(C(C)O)CC2)s1. The van der Waals surface area contributed by atoms with E-state index in [-0.39, 0.29) is 11.5 Å². The first-order chi connectivity index (χ1) is 6.19. The van der Waals surface area contributed by atoms with E-state index in [9.17, 15) is 5.11 Å². The highest BCUT2D eigenvalue weighted by Gasteiger charge is 2.49. The molecule has 0 radical (unpaired) electrons. The average molecular weight is 199 g/mol. The topological polar surface area (TPSA) is 42.4 Å². The Morgan fingerprint density at radius 3 is 2.77 bits per heavy atom. The lowest BCUT2D eigenvalue weighted by Gasteiger charge is -2.15. The quantitative estimate of drug-likeness (QED) is 0.803. The van der Waals surface area contributed by atoms with Crippen molar-refractivity contribution in [2.75, 3.05) is 7.11 Å². The maximum atomic E-state index is 9.62. The molecule has 3 nitrogen and oxygen atoms in total. The Kier molecular flexibility index (Phi) is 2.04. The summed E-state index contributed by atoms with van der Waals surface area (Å²) in [4.78, 5) is 5.26. The molecular formula is C9H13NO2S. The van der Waals surface area contributed by atoms with Crippen LogP contribution in [0.15, 0.2) is 6.20 Å². The predicted molar refractivity (Wildman–Crippen MR) is 51.3 cm³/mol.